The van der Waals surface area contributed by atoms with Crippen molar-refractivity contribution in [3.63, 3.8) is 0 Å². The van der Waals surface area contributed by atoms with E-state index in [0.29, 0.717) is 6.54 Å². The van der Waals surface area contributed by atoms with Crippen molar-refractivity contribution in [3.8, 4) is 10.4 Å². The topological polar surface area (TPSA) is 64.3 Å². The summed E-state index contributed by atoms with van der Waals surface area (Å²) in [5.74, 6) is 0. The lowest BCUT2D eigenvalue weighted by Gasteiger charge is -2.35. The Morgan fingerprint density at radius 1 is 1.36 bits per heavy atom. The van der Waals surface area contributed by atoms with E-state index < -0.39 is 0 Å². The van der Waals surface area contributed by atoms with E-state index >= 15 is 0 Å². The van der Waals surface area contributed by atoms with E-state index in [-0.39, 0.29) is 12.2 Å². The number of hydrogen-bond acceptors (Lipinski definition) is 6. The summed E-state index contributed by atoms with van der Waals surface area (Å²) in [6.07, 6.45) is 2.28. The van der Waals surface area contributed by atoms with Crippen LogP contribution < -0.4 is 10.6 Å². The van der Waals surface area contributed by atoms with E-state index in [1.165, 1.54) is 0 Å². The molecule has 2 unspecified atom stereocenters. The van der Waals surface area contributed by atoms with Crippen LogP contribution >= 0.6 is 11.3 Å². The third-order valence-corrected chi connectivity index (χ3v) is 4.94. The molecule has 2 N–H and O–H groups in total. The zero-order valence-corrected chi connectivity index (χ0v) is 14.1. The summed E-state index contributed by atoms with van der Waals surface area (Å²) in [6.45, 7) is 8.40. The number of hydrogen-bond donors (Lipinski definition) is 1. The summed E-state index contributed by atoms with van der Waals surface area (Å²) < 4.78 is 5.80. The molecule has 0 aliphatic carbocycles. The predicted octanol–water partition coefficient (Wildman–Crippen LogP) is 2.59. The van der Waals surface area contributed by atoms with Gasteiger partial charge in [-0.1, -0.05) is 11.3 Å². The van der Waals surface area contributed by atoms with Crippen molar-refractivity contribution in [1.82, 2.24) is 9.97 Å². The molecule has 0 radical (unpaired) electrons. The van der Waals surface area contributed by atoms with Gasteiger partial charge in [0.25, 0.3) is 0 Å². The number of nitrogens with two attached hydrogens (primary N) is 1. The number of morpholine rings is 1. The van der Waals surface area contributed by atoms with Crippen molar-refractivity contribution in [2.24, 2.45) is 5.73 Å². The van der Waals surface area contributed by atoms with Crippen molar-refractivity contribution in [2.45, 2.75) is 39.5 Å². The van der Waals surface area contributed by atoms with Crippen LogP contribution in [0.3, 0.4) is 0 Å². The molecule has 1 aliphatic heterocycles. The molecule has 1 saturated heterocycles. The first-order valence-electron chi connectivity index (χ1n) is 7.60. The number of anilines is 1. The molecule has 1 fully saturated rings. The fourth-order valence-electron chi connectivity index (χ4n) is 2.86. The molecule has 2 aromatic rings. The average molecular weight is 318 g/mol. The van der Waals surface area contributed by atoms with E-state index in [4.69, 9.17) is 15.5 Å². The zero-order valence-electron chi connectivity index (χ0n) is 13.2. The Kier molecular flexibility index (Phi) is 4.42. The van der Waals surface area contributed by atoms with Gasteiger partial charge in [-0.05, 0) is 38.5 Å². The van der Waals surface area contributed by atoms with Gasteiger partial charge in [0.2, 0.25) is 0 Å². The fourth-order valence-corrected chi connectivity index (χ4v) is 3.97. The molecule has 2 aromatic heterocycles. The number of aryl methyl sites for hydroxylation is 1. The molecule has 6 heteroatoms. The molecule has 1 aliphatic rings. The Balaban J connectivity index is 1.94. The van der Waals surface area contributed by atoms with Gasteiger partial charge in [0.15, 0.2) is 5.13 Å². The first-order valence-corrected chi connectivity index (χ1v) is 8.41. The number of rotatable bonds is 3. The summed E-state index contributed by atoms with van der Waals surface area (Å²) in [5.41, 5.74) is 9.01. The lowest BCUT2D eigenvalue weighted by atomic mass is 10.2. The second-order valence-electron chi connectivity index (χ2n) is 5.82. The molecule has 0 saturated carbocycles. The minimum atomic E-state index is 0.223. The molecule has 5 nitrogen and oxygen atoms in total. The van der Waals surface area contributed by atoms with E-state index in [2.05, 4.69) is 29.8 Å². The van der Waals surface area contributed by atoms with Gasteiger partial charge in [-0.3, -0.25) is 4.98 Å². The molecule has 0 bridgehead atoms. The molecule has 3 rings (SSSR count). The molecule has 118 valence electrons. The van der Waals surface area contributed by atoms with Crippen LogP contribution in [-0.4, -0.2) is 35.3 Å². The van der Waals surface area contributed by atoms with E-state index in [1.807, 2.05) is 19.2 Å². The Morgan fingerprint density at radius 2 is 2.09 bits per heavy atom. The highest BCUT2D eigenvalue weighted by Crippen LogP contribution is 2.35. The van der Waals surface area contributed by atoms with Gasteiger partial charge in [0.05, 0.1) is 22.8 Å². The molecule has 0 amide bonds. The SMILES string of the molecule is Cc1cc(-c2sc(N3CC(C)OC(C)C3)nc2CN)ccn1. The van der Waals surface area contributed by atoms with Gasteiger partial charge >= 0.3 is 0 Å². The monoisotopic (exact) mass is 318 g/mol. The molecule has 2 atom stereocenters. The van der Waals surface area contributed by atoms with Crippen molar-refractivity contribution in [1.29, 1.82) is 0 Å². The highest BCUT2D eigenvalue weighted by atomic mass is 32.1. The first-order chi connectivity index (χ1) is 10.6. The Bertz CT molecular complexity index is 647. The van der Waals surface area contributed by atoms with Crippen LogP contribution in [0.25, 0.3) is 10.4 Å². The zero-order chi connectivity index (χ0) is 15.7. The van der Waals surface area contributed by atoms with Crippen molar-refractivity contribution < 1.29 is 4.74 Å². The molecule has 0 aromatic carbocycles. The van der Waals surface area contributed by atoms with Crippen LogP contribution in [-0.2, 0) is 11.3 Å². The van der Waals surface area contributed by atoms with Crippen LogP contribution in [0.4, 0.5) is 5.13 Å². The quantitative estimate of drug-likeness (QED) is 0.942. The molecule has 0 spiro atoms. The lowest BCUT2D eigenvalue weighted by Crippen LogP contribution is -2.45. The van der Waals surface area contributed by atoms with Crippen LogP contribution in [0.5, 0.6) is 0 Å². The highest BCUT2D eigenvalue weighted by molar-refractivity contribution is 7.19. The van der Waals surface area contributed by atoms with Crippen molar-refractivity contribution in [3.05, 3.63) is 29.7 Å². The minimum absolute atomic E-state index is 0.223. The molecule has 3 heterocycles. The van der Waals surface area contributed by atoms with Crippen LogP contribution in [0.1, 0.15) is 25.2 Å². The Hall–Kier alpha value is -1.50. The normalized spacial score (nSPS) is 22.1. The highest BCUT2D eigenvalue weighted by Gasteiger charge is 2.25. The van der Waals surface area contributed by atoms with Gasteiger partial charge in [-0.15, -0.1) is 0 Å². The minimum Gasteiger partial charge on any atom is -0.372 e. The third kappa shape index (κ3) is 3.14. The molecular weight excluding hydrogens is 296 g/mol. The third-order valence-electron chi connectivity index (χ3n) is 3.73. The maximum absolute atomic E-state index is 5.91. The van der Waals surface area contributed by atoms with Crippen molar-refractivity contribution >= 4 is 16.5 Å². The number of ether oxygens (including phenoxy) is 1. The smallest absolute Gasteiger partial charge is 0.186 e. The van der Waals surface area contributed by atoms with Gasteiger partial charge in [-0.25, -0.2) is 4.98 Å². The van der Waals surface area contributed by atoms with Crippen LogP contribution in [0.2, 0.25) is 0 Å². The summed E-state index contributed by atoms with van der Waals surface area (Å²) in [6, 6.07) is 4.11. The van der Waals surface area contributed by atoms with E-state index in [9.17, 15) is 0 Å². The van der Waals surface area contributed by atoms with Crippen LogP contribution in [0, 0.1) is 6.92 Å². The number of pyridine rings is 1. The average Bonchev–Trinajstić information content (AvgIpc) is 2.90. The lowest BCUT2D eigenvalue weighted by molar-refractivity contribution is -0.00523. The van der Waals surface area contributed by atoms with Gasteiger partial charge in [0.1, 0.15) is 0 Å². The summed E-state index contributed by atoms with van der Waals surface area (Å²) in [4.78, 5) is 12.5. The van der Waals surface area contributed by atoms with E-state index in [1.54, 1.807) is 11.3 Å². The second kappa shape index (κ2) is 6.32. The first kappa shape index (κ1) is 15.4. The Labute approximate surface area is 135 Å². The largest absolute Gasteiger partial charge is 0.372 e. The number of aromatic nitrogens is 2. The predicted molar refractivity (Wildman–Crippen MR) is 90.2 cm³/mol. The van der Waals surface area contributed by atoms with Gasteiger partial charge in [-0.2, -0.15) is 0 Å². The summed E-state index contributed by atoms with van der Waals surface area (Å²) >= 11 is 1.71. The maximum Gasteiger partial charge on any atom is 0.186 e. The van der Waals surface area contributed by atoms with Gasteiger partial charge < -0.3 is 15.4 Å². The maximum atomic E-state index is 5.91. The standard InChI is InChI=1S/C16H22N4OS/c1-10-6-13(4-5-18-10)15-14(7-17)19-16(22-15)20-8-11(2)21-12(3)9-20/h4-6,11-12H,7-9,17H2,1-3H3. The van der Waals surface area contributed by atoms with E-state index in [0.717, 1.165) is 40.0 Å². The number of nitrogens with zero attached hydrogens (tertiary/aromatic N) is 3. The molecule has 22 heavy (non-hydrogen) atoms. The Morgan fingerprint density at radius 3 is 2.73 bits per heavy atom. The molecular formula is C16H22N4OS. The second-order valence-corrected chi connectivity index (χ2v) is 6.80. The van der Waals surface area contributed by atoms with Crippen molar-refractivity contribution in [2.75, 3.05) is 18.0 Å². The van der Waals surface area contributed by atoms with Crippen LogP contribution in [0.15, 0.2) is 18.3 Å². The summed E-state index contributed by atoms with van der Waals surface area (Å²) in [5, 5.41) is 1.03. The summed E-state index contributed by atoms with van der Waals surface area (Å²) in [7, 11) is 0. The van der Waals surface area contributed by atoms with Gasteiger partial charge in [0, 0.05) is 31.5 Å². The fraction of sp³-hybridized carbons (Fsp3) is 0.500. The number of thiazole rings is 1.